The Kier molecular flexibility index (Phi) is 18.5. The SMILES string of the molecule is COC(=O)C(CSCc1cc(OC)c(O)cc1[N+](=O)[O-])NC(=O)CCOCCOCCOCCOCCBr. The number of carbonyl (C=O) groups is 2. The summed E-state index contributed by atoms with van der Waals surface area (Å²) in [5.74, 6) is -1.07. The Labute approximate surface area is 234 Å². The normalized spacial score (nSPS) is 11.7. The molecule has 216 valence electrons. The maximum atomic E-state index is 12.3. The molecule has 1 aromatic rings. The first-order valence-electron chi connectivity index (χ1n) is 11.7. The number of aromatic hydroxyl groups is 1. The van der Waals surface area contributed by atoms with E-state index in [2.05, 4.69) is 21.2 Å². The highest BCUT2D eigenvalue weighted by Gasteiger charge is 2.23. The lowest BCUT2D eigenvalue weighted by Crippen LogP contribution is -2.43. The minimum atomic E-state index is -0.955. The van der Waals surface area contributed by atoms with Gasteiger partial charge >= 0.3 is 5.97 Å². The van der Waals surface area contributed by atoms with Crippen molar-refractivity contribution in [3.8, 4) is 11.5 Å². The van der Waals surface area contributed by atoms with E-state index in [0.29, 0.717) is 51.8 Å². The molecule has 2 N–H and O–H groups in total. The zero-order chi connectivity index (χ0) is 28.2. The van der Waals surface area contributed by atoms with Crippen molar-refractivity contribution in [2.75, 3.05) is 78.2 Å². The second-order valence-corrected chi connectivity index (χ2v) is 9.28. The fourth-order valence-electron chi connectivity index (χ4n) is 2.89. The van der Waals surface area contributed by atoms with Gasteiger partial charge in [-0.05, 0) is 6.07 Å². The fourth-order valence-corrected chi connectivity index (χ4v) is 4.15. The van der Waals surface area contributed by atoms with Crippen LogP contribution in [0.2, 0.25) is 0 Å². The topological polar surface area (TPSA) is 165 Å². The van der Waals surface area contributed by atoms with Crippen LogP contribution in [-0.4, -0.2) is 106 Å². The highest BCUT2D eigenvalue weighted by Crippen LogP contribution is 2.35. The lowest BCUT2D eigenvalue weighted by molar-refractivity contribution is -0.385. The number of halogens is 1. The number of nitrogens with one attached hydrogen (secondary N) is 1. The number of nitro groups is 1. The molecule has 13 nitrogen and oxygen atoms in total. The number of nitrogens with zero attached hydrogens (tertiary/aromatic N) is 1. The van der Waals surface area contributed by atoms with E-state index in [4.69, 9.17) is 28.4 Å². The molecule has 1 aromatic carbocycles. The van der Waals surface area contributed by atoms with E-state index in [-0.39, 0.29) is 41.7 Å². The molecule has 1 atom stereocenters. The number of rotatable bonds is 22. The summed E-state index contributed by atoms with van der Waals surface area (Å²) in [7, 11) is 2.53. The van der Waals surface area contributed by atoms with E-state index >= 15 is 0 Å². The molecule has 0 radical (unpaired) electrons. The Balaban J connectivity index is 2.32. The summed E-state index contributed by atoms with van der Waals surface area (Å²) in [6, 6.07) is 1.42. The number of alkyl halides is 1. The van der Waals surface area contributed by atoms with Gasteiger partial charge in [0.1, 0.15) is 6.04 Å². The van der Waals surface area contributed by atoms with E-state index in [1.165, 1.54) is 32.0 Å². The van der Waals surface area contributed by atoms with Crippen molar-refractivity contribution in [2.24, 2.45) is 0 Å². The van der Waals surface area contributed by atoms with Crippen LogP contribution in [-0.2, 0) is 39.0 Å². The van der Waals surface area contributed by atoms with Crippen molar-refractivity contribution in [1.82, 2.24) is 5.32 Å². The highest BCUT2D eigenvalue weighted by molar-refractivity contribution is 9.09. The first-order valence-corrected chi connectivity index (χ1v) is 14.0. The molecule has 0 aliphatic heterocycles. The first-order chi connectivity index (χ1) is 18.3. The summed E-state index contributed by atoms with van der Waals surface area (Å²) in [6.07, 6.45) is 0.0241. The number of hydrogen-bond acceptors (Lipinski definition) is 12. The highest BCUT2D eigenvalue weighted by atomic mass is 79.9. The summed E-state index contributed by atoms with van der Waals surface area (Å²) in [5.41, 5.74) is 0.0182. The largest absolute Gasteiger partial charge is 0.504 e. The Hall–Kier alpha value is -2.17. The summed E-state index contributed by atoms with van der Waals surface area (Å²) >= 11 is 4.45. The van der Waals surface area contributed by atoms with Crippen molar-refractivity contribution < 1.29 is 48.0 Å². The van der Waals surface area contributed by atoms with Crippen molar-refractivity contribution in [2.45, 2.75) is 18.2 Å². The number of methoxy groups -OCH3 is 2. The van der Waals surface area contributed by atoms with Crippen molar-refractivity contribution >= 4 is 45.3 Å². The molecule has 1 rings (SSSR count). The van der Waals surface area contributed by atoms with E-state index < -0.39 is 22.8 Å². The maximum absolute atomic E-state index is 12.3. The molecule has 38 heavy (non-hydrogen) atoms. The predicted molar refractivity (Wildman–Crippen MR) is 143 cm³/mol. The van der Waals surface area contributed by atoms with Gasteiger partial charge in [-0.15, -0.1) is 0 Å². The summed E-state index contributed by atoms with van der Waals surface area (Å²) in [5, 5.41) is 24.5. The number of ether oxygens (including phenoxy) is 6. The number of esters is 1. The molecule has 0 aliphatic carbocycles. The number of phenols is 1. The molecule has 15 heteroatoms. The van der Waals surface area contributed by atoms with Gasteiger partial charge in [0.05, 0.1) is 78.1 Å². The number of benzene rings is 1. The molecule has 0 aromatic heterocycles. The molecule has 1 unspecified atom stereocenters. The lowest BCUT2D eigenvalue weighted by Gasteiger charge is -2.16. The van der Waals surface area contributed by atoms with Gasteiger partial charge in [-0.25, -0.2) is 4.79 Å². The lowest BCUT2D eigenvalue weighted by atomic mass is 10.2. The summed E-state index contributed by atoms with van der Waals surface area (Å²) < 4.78 is 31.1. The standard InChI is InChI=1S/C23H35BrN2O11S/c1-32-21-13-17(19(26(30)31)14-20(21)27)15-38-16-18(23(29)33-2)25-22(28)3-5-34-7-9-36-11-12-37-10-8-35-6-4-24/h13-14,18,27H,3-12,15-16H2,1-2H3,(H,25,28). The maximum Gasteiger partial charge on any atom is 0.329 e. The Morgan fingerprint density at radius 3 is 2.13 bits per heavy atom. The fraction of sp³-hybridized carbons (Fsp3) is 0.652. The number of nitro benzene ring substituents is 1. The van der Waals surface area contributed by atoms with E-state index in [1.807, 2.05) is 0 Å². The zero-order valence-electron chi connectivity index (χ0n) is 21.5. The van der Waals surface area contributed by atoms with Crippen LogP contribution in [0.1, 0.15) is 12.0 Å². The van der Waals surface area contributed by atoms with Gasteiger partial charge in [-0.2, -0.15) is 11.8 Å². The van der Waals surface area contributed by atoms with Crippen LogP contribution in [0.4, 0.5) is 5.69 Å². The Morgan fingerprint density at radius 1 is 1.03 bits per heavy atom. The minimum Gasteiger partial charge on any atom is -0.504 e. The van der Waals surface area contributed by atoms with Crippen LogP contribution in [0, 0.1) is 10.1 Å². The third-order valence-electron chi connectivity index (χ3n) is 4.75. The van der Waals surface area contributed by atoms with E-state index in [9.17, 15) is 24.8 Å². The average Bonchev–Trinajstić information content (AvgIpc) is 2.90. The smallest absolute Gasteiger partial charge is 0.329 e. The van der Waals surface area contributed by atoms with Crippen LogP contribution in [0.5, 0.6) is 11.5 Å². The van der Waals surface area contributed by atoms with Crippen molar-refractivity contribution in [3.05, 3.63) is 27.8 Å². The number of phenolic OH excluding ortho intramolecular Hbond substituents is 1. The zero-order valence-corrected chi connectivity index (χ0v) is 23.9. The van der Waals surface area contributed by atoms with Gasteiger partial charge < -0.3 is 38.8 Å². The molecule has 0 heterocycles. The van der Waals surface area contributed by atoms with Gasteiger partial charge in [-0.1, -0.05) is 15.9 Å². The second kappa shape index (κ2) is 20.7. The third kappa shape index (κ3) is 14.1. The van der Waals surface area contributed by atoms with Crippen LogP contribution >= 0.6 is 27.7 Å². The van der Waals surface area contributed by atoms with Crippen LogP contribution in [0.15, 0.2) is 12.1 Å². The summed E-state index contributed by atoms with van der Waals surface area (Å²) in [4.78, 5) is 35.1. The van der Waals surface area contributed by atoms with Gasteiger partial charge in [0, 0.05) is 28.8 Å². The van der Waals surface area contributed by atoms with Gasteiger partial charge in [0.2, 0.25) is 5.91 Å². The molecule has 0 fully saturated rings. The Bertz CT molecular complexity index is 863. The predicted octanol–water partition coefficient (Wildman–Crippen LogP) is 2.05. The molecular formula is C23H35BrN2O11S. The number of hydrogen-bond donors (Lipinski definition) is 2. The quantitative estimate of drug-likeness (QED) is 0.0633. The molecule has 0 saturated heterocycles. The molecule has 0 bridgehead atoms. The van der Waals surface area contributed by atoms with Gasteiger partial charge in [0.25, 0.3) is 5.69 Å². The van der Waals surface area contributed by atoms with E-state index in [1.54, 1.807) is 0 Å². The monoisotopic (exact) mass is 626 g/mol. The molecule has 1 amide bonds. The molecule has 0 spiro atoms. The first kappa shape index (κ1) is 33.9. The Morgan fingerprint density at radius 2 is 1.61 bits per heavy atom. The second-order valence-electron chi connectivity index (χ2n) is 7.46. The summed E-state index contributed by atoms with van der Waals surface area (Å²) in [6.45, 7) is 3.31. The molecule has 0 aliphatic rings. The van der Waals surface area contributed by atoms with Gasteiger partial charge in [-0.3, -0.25) is 14.9 Å². The van der Waals surface area contributed by atoms with E-state index in [0.717, 1.165) is 11.4 Å². The van der Waals surface area contributed by atoms with Crippen molar-refractivity contribution in [1.29, 1.82) is 0 Å². The number of thioether (sulfide) groups is 1. The van der Waals surface area contributed by atoms with Gasteiger partial charge in [0.15, 0.2) is 11.5 Å². The third-order valence-corrected chi connectivity index (χ3v) is 6.16. The van der Waals surface area contributed by atoms with Crippen LogP contribution in [0.3, 0.4) is 0 Å². The van der Waals surface area contributed by atoms with Crippen molar-refractivity contribution in [3.63, 3.8) is 0 Å². The number of carbonyl (C=O) groups excluding carboxylic acids is 2. The van der Waals surface area contributed by atoms with Crippen LogP contribution < -0.4 is 10.1 Å². The molecule has 0 saturated carbocycles. The average molecular weight is 628 g/mol. The number of amides is 1. The van der Waals surface area contributed by atoms with Crippen LogP contribution in [0.25, 0.3) is 0 Å². The molecular weight excluding hydrogens is 592 g/mol. The minimum absolute atomic E-state index is 0.0241.